The Morgan fingerprint density at radius 1 is 1.58 bits per heavy atom. The molecule has 2 N–H and O–H groups in total. The molecule has 1 aromatic rings. The second-order valence-corrected chi connectivity index (χ2v) is 6.45. The lowest BCUT2D eigenvalue weighted by Crippen LogP contribution is -2.47. The molecule has 3 heterocycles. The third kappa shape index (κ3) is 2.90. The predicted molar refractivity (Wildman–Crippen MR) is 76.5 cm³/mol. The summed E-state index contributed by atoms with van der Waals surface area (Å²) in [6, 6.07) is 0.410. The molecule has 5 nitrogen and oxygen atoms in total. The lowest BCUT2D eigenvalue weighted by molar-refractivity contribution is 0.0992. The number of aryl methyl sites for hydroxylation is 1. The molecule has 19 heavy (non-hydrogen) atoms. The van der Waals surface area contributed by atoms with Crippen molar-refractivity contribution >= 4 is 17.3 Å². The predicted octanol–water partition coefficient (Wildman–Crippen LogP) is 1.44. The van der Waals surface area contributed by atoms with Gasteiger partial charge in [0.1, 0.15) is 0 Å². The molecule has 3 unspecified atom stereocenters. The van der Waals surface area contributed by atoms with Gasteiger partial charge in [0.2, 0.25) is 0 Å². The summed E-state index contributed by atoms with van der Waals surface area (Å²) < 4.78 is 5.84. The van der Waals surface area contributed by atoms with Crippen LogP contribution in [0.15, 0.2) is 11.2 Å². The molecule has 0 spiro atoms. The third-order valence-electron chi connectivity index (χ3n) is 3.75. The summed E-state index contributed by atoms with van der Waals surface area (Å²) in [6.07, 6.45) is 6.24. The first-order valence-electron chi connectivity index (χ1n) is 6.78. The number of hydrogen-bond acceptors (Lipinski definition) is 4. The molecule has 104 valence electrons. The van der Waals surface area contributed by atoms with Crippen molar-refractivity contribution in [3.63, 3.8) is 0 Å². The van der Waals surface area contributed by atoms with Crippen molar-refractivity contribution in [3.8, 4) is 0 Å². The lowest BCUT2D eigenvalue weighted by atomic mass is 9.96. The van der Waals surface area contributed by atoms with Crippen LogP contribution in [0.5, 0.6) is 0 Å². The van der Waals surface area contributed by atoms with Crippen molar-refractivity contribution in [1.29, 1.82) is 0 Å². The minimum atomic E-state index is 0.370. The van der Waals surface area contributed by atoms with Crippen LogP contribution in [0.25, 0.3) is 0 Å². The van der Waals surface area contributed by atoms with Crippen LogP contribution >= 0.6 is 11.3 Å². The van der Waals surface area contributed by atoms with Gasteiger partial charge in [0, 0.05) is 18.1 Å². The van der Waals surface area contributed by atoms with Crippen LogP contribution in [0.3, 0.4) is 0 Å². The largest absolute Gasteiger partial charge is 0.373 e. The summed E-state index contributed by atoms with van der Waals surface area (Å²) in [5.74, 6) is 0.854. The van der Waals surface area contributed by atoms with Crippen molar-refractivity contribution in [2.45, 2.75) is 51.0 Å². The van der Waals surface area contributed by atoms with Crippen molar-refractivity contribution in [2.24, 2.45) is 4.99 Å². The van der Waals surface area contributed by atoms with Crippen LogP contribution in [0.1, 0.15) is 29.1 Å². The molecule has 3 rings (SSSR count). The third-order valence-corrected chi connectivity index (χ3v) is 4.66. The van der Waals surface area contributed by atoms with Gasteiger partial charge in [0.25, 0.3) is 0 Å². The highest BCUT2D eigenvalue weighted by Gasteiger charge is 2.41. The van der Waals surface area contributed by atoms with Gasteiger partial charge in [0.05, 0.1) is 29.8 Å². The highest BCUT2D eigenvalue weighted by atomic mass is 32.1. The molecule has 3 atom stereocenters. The van der Waals surface area contributed by atoms with Gasteiger partial charge in [-0.2, -0.15) is 0 Å². The number of fused-ring (bicyclic) bond motifs is 2. The zero-order valence-electron chi connectivity index (χ0n) is 11.3. The van der Waals surface area contributed by atoms with E-state index in [-0.39, 0.29) is 0 Å². The Morgan fingerprint density at radius 3 is 3.05 bits per heavy atom. The standard InChI is InChI=1S/C13H20N4OS/c1-8-15-6-10(19-8)7-16-13(14-2)17-11-5-9-3-4-12(11)18-9/h6,9,11-12H,3-5,7H2,1-2H3,(H2,14,16,17). The van der Waals surface area contributed by atoms with E-state index in [4.69, 9.17) is 4.74 Å². The Balaban J connectivity index is 1.51. The summed E-state index contributed by atoms with van der Waals surface area (Å²) in [7, 11) is 1.81. The summed E-state index contributed by atoms with van der Waals surface area (Å²) in [5.41, 5.74) is 0. The first-order valence-corrected chi connectivity index (χ1v) is 7.60. The van der Waals surface area contributed by atoms with Crippen molar-refractivity contribution in [2.75, 3.05) is 7.05 Å². The molecule has 0 aromatic carbocycles. The monoisotopic (exact) mass is 280 g/mol. The van der Waals surface area contributed by atoms with E-state index < -0.39 is 0 Å². The van der Waals surface area contributed by atoms with Crippen molar-refractivity contribution in [3.05, 3.63) is 16.1 Å². The maximum absolute atomic E-state index is 5.84. The average molecular weight is 280 g/mol. The number of aliphatic imine (C=N–C) groups is 1. The Bertz CT molecular complexity index is 473. The van der Waals surface area contributed by atoms with E-state index in [0.717, 1.165) is 23.9 Å². The molecule has 0 radical (unpaired) electrons. The second kappa shape index (κ2) is 5.46. The zero-order chi connectivity index (χ0) is 13.2. The van der Waals surface area contributed by atoms with E-state index in [2.05, 4.69) is 20.6 Å². The fraction of sp³-hybridized carbons (Fsp3) is 0.692. The van der Waals surface area contributed by atoms with E-state index in [1.165, 1.54) is 17.7 Å². The van der Waals surface area contributed by atoms with E-state index in [9.17, 15) is 0 Å². The smallest absolute Gasteiger partial charge is 0.191 e. The minimum absolute atomic E-state index is 0.370. The van der Waals surface area contributed by atoms with Crippen LogP contribution in [0.4, 0.5) is 0 Å². The molecule has 2 aliphatic rings. The molecule has 2 aliphatic heterocycles. The molecule has 0 aliphatic carbocycles. The van der Waals surface area contributed by atoms with E-state index in [0.29, 0.717) is 18.2 Å². The first-order chi connectivity index (χ1) is 9.24. The van der Waals surface area contributed by atoms with Gasteiger partial charge in [-0.3, -0.25) is 4.99 Å². The normalized spacial score (nSPS) is 29.8. The number of rotatable bonds is 3. The Morgan fingerprint density at radius 2 is 2.47 bits per heavy atom. The zero-order valence-corrected chi connectivity index (χ0v) is 12.2. The van der Waals surface area contributed by atoms with Crippen LogP contribution in [-0.4, -0.2) is 36.2 Å². The van der Waals surface area contributed by atoms with E-state index in [1.807, 2.05) is 13.1 Å². The van der Waals surface area contributed by atoms with Crippen LogP contribution < -0.4 is 10.6 Å². The highest BCUT2D eigenvalue weighted by Crippen LogP contribution is 2.34. The molecule has 2 saturated heterocycles. The van der Waals surface area contributed by atoms with E-state index >= 15 is 0 Å². The second-order valence-electron chi connectivity index (χ2n) is 5.13. The number of aromatic nitrogens is 1. The van der Waals surface area contributed by atoms with Gasteiger partial charge < -0.3 is 15.4 Å². The van der Waals surface area contributed by atoms with Gasteiger partial charge in [0.15, 0.2) is 5.96 Å². The fourth-order valence-corrected chi connectivity index (χ4v) is 3.55. The van der Waals surface area contributed by atoms with Crippen molar-refractivity contribution in [1.82, 2.24) is 15.6 Å². The van der Waals surface area contributed by atoms with Crippen LogP contribution in [0, 0.1) is 6.92 Å². The van der Waals surface area contributed by atoms with Gasteiger partial charge in [-0.25, -0.2) is 4.98 Å². The molecule has 2 bridgehead atoms. The number of guanidine groups is 1. The average Bonchev–Trinajstić information content (AvgIpc) is 3.11. The Labute approximate surface area is 117 Å². The lowest BCUT2D eigenvalue weighted by Gasteiger charge is -2.22. The first kappa shape index (κ1) is 12.9. The number of nitrogens with one attached hydrogen (secondary N) is 2. The number of hydrogen-bond donors (Lipinski definition) is 2. The fourth-order valence-electron chi connectivity index (χ4n) is 2.82. The van der Waals surface area contributed by atoms with Gasteiger partial charge in [-0.05, 0) is 26.2 Å². The maximum Gasteiger partial charge on any atom is 0.191 e. The van der Waals surface area contributed by atoms with E-state index in [1.54, 1.807) is 18.4 Å². The Kier molecular flexibility index (Phi) is 3.70. The summed E-state index contributed by atoms with van der Waals surface area (Å²) >= 11 is 1.71. The number of ether oxygens (including phenoxy) is 1. The quantitative estimate of drug-likeness (QED) is 0.650. The molecular weight excluding hydrogens is 260 g/mol. The van der Waals surface area contributed by atoms with Gasteiger partial charge in [-0.1, -0.05) is 0 Å². The van der Waals surface area contributed by atoms with Crippen molar-refractivity contribution < 1.29 is 4.74 Å². The maximum atomic E-state index is 5.84. The highest BCUT2D eigenvalue weighted by molar-refractivity contribution is 7.11. The SMILES string of the molecule is CN=C(NCc1cnc(C)s1)NC1CC2CCC1O2. The minimum Gasteiger partial charge on any atom is -0.373 e. The summed E-state index contributed by atoms with van der Waals surface area (Å²) in [6.45, 7) is 2.79. The van der Waals surface area contributed by atoms with Crippen LogP contribution in [0.2, 0.25) is 0 Å². The van der Waals surface area contributed by atoms with Gasteiger partial charge in [-0.15, -0.1) is 11.3 Å². The number of nitrogens with zero attached hydrogens (tertiary/aromatic N) is 2. The van der Waals surface area contributed by atoms with Gasteiger partial charge >= 0.3 is 0 Å². The Hall–Kier alpha value is -1.14. The topological polar surface area (TPSA) is 58.5 Å². The molecule has 0 saturated carbocycles. The molecule has 2 fully saturated rings. The number of thiazole rings is 1. The molecule has 6 heteroatoms. The van der Waals surface area contributed by atoms with Crippen LogP contribution in [-0.2, 0) is 11.3 Å². The summed E-state index contributed by atoms with van der Waals surface area (Å²) in [4.78, 5) is 9.76. The summed E-state index contributed by atoms with van der Waals surface area (Å²) in [5, 5.41) is 7.91. The molecule has 1 aromatic heterocycles. The molecule has 0 amide bonds. The molecular formula is C13H20N4OS.